The highest BCUT2D eigenvalue weighted by atomic mass is 19.1. The second kappa shape index (κ2) is 10.2. The number of carbonyl (C=O) groups excluding carboxylic acids is 2. The van der Waals surface area contributed by atoms with E-state index in [1.165, 1.54) is 21.7 Å². The van der Waals surface area contributed by atoms with Gasteiger partial charge in [0, 0.05) is 50.3 Å². The number of likely N-dealkylation sites (tertiary alicyclic amines) is 1. The molecule has 36 heavy (non-hydrogen) atoms. The van der Waals surface area contributed by atoms with E-state index >= 15 is 0 Å². The highest BCUT2D eigenvalue weighted by Gasteiger charge is 2.33. The Balaban J connectivity index is 1.27. The first-order chi connectivity index (χ1) is 17.3. The first-order valence-electron chi connectivity index (χ1n) is 13.2. The van der Waals surface area contributed by atoms with Crippen molar-refractivity contribution in [3.8, 4) is 0 Å². The number of aliphatic hydroxyl groups excluding tert-OH is 1. The van der Waals surface area contributed by atoms with Gasteiger partial charge in [0.15, 0.2) is 0 Å². The van der Waals surface area contributed by atoms with Crippen molar-refractivity contribution in [2.45, 2.75) is 64.8 Å². The van der Waals surface area contributed by atoms with Crippen LogP contribution >= 0.6 is 0 Å². The zero-order chi connectivity index (χ0) is 25.4. The van der Waals surface area contributed by atoms with Crippen LogP contribution in [0.3, 0.4) is 0 Å². The number of hydrogen-bond donors (Lipinski definition) is 1. The van der Waals surface area contributed by atoms with Gasteiger partial charge in [-0.25, -0.2) is 4.39 Å². The van der Waals surface area contributed by atoms with Crippen LogP contribution in [0, 0.1) is 13.8 Å². The van der Waals surface area contributed by atoms with Crippen molar-refractivity contribution in [3.63, 3.8) is 0 Å². The van der Waals surface area contributed by atoms with E-state index in [2.05, 4.69) is 36.9 Å². The highest BCUT2D eigenvalue weighted by Crippen LogP contribution is 2.29. The maximum Gasteiger partial charge on any atom is 0.255 e. The number of fused-ring (bicyclic) bond motifs is 1. The lowest BCUT2D eigenvalue weighted by Crippen LogP contribution is -2.49. The number of rotatable bonds is 4. The molecule has 5 rings (SSSR count). The van der Waals surface area contributed by atoms with Crippen LogP contribution in [0.5, 0.6) is 0 Å². The molecule has 7 nitrogen and oxygen atoms in total. The number of amides is 2. The summed E-state index contributed by atoms with van der Waals surface area (Å²) in [6.45, 7) is 7.72. The summed E-state index contributed by atoms with van der Waals surface area (Å²) in [5.74, 6) is -0.112. The fraction of sp³-hybridized carbons (Fsp3) is 0.571. The molecule has 2 amide bonds. The van der Waals surface area contributed by atoms with Crippen molar-refractivity contribution in [1.82, 2.24) is 14.4 Å². The molecule has 3 aliphatic rings. The molecule has 3 heterocycles. The lowest BCUT2D eigenvalue weighted by atomic mass is 9.94. The first-order valence-corrected chi connectivity index (χ1v) is 13.2. The molecule has 2 atom stereocenters. The molecule has 1 aromatic carbocycles. The number of hydrogen-bond acceptors (Lipinski definition) is 4. The summed E-state index contributed by atoms with van der Waals surface area (Å²) in [5.41, 5.74) is 6.49. The quantitative estimate of drug-likeness (QED) is 0.707. The van der Waals surface area contributed by atoms with Crippen molar-refractivity contribution >= 4 is 17.5 Å². The maximum absolute atomic E-state index is 14.1. The Bertz CT molecular complexity index is 1140. The normalized spacial score (nSPS) is 22.5. The number of piperidine rings is 1. The summed E-state index contributed by atoms with van der Waals surface area (Å²) in [4.78, 5) is 32.4. The minimum absolute atomic E-state index is 0.0721. The Kier molecular flexibility index (Phi) is 7.06. The van der Waals surface area contributed by atoms with Gasteiger partial charge in [0.25, 0.3) is 5.91 Å². The third-order valence-corrected chi connectivity index (χ3v) is 8.27. The van der Waals surface area contributed by atoms with E-state index in [0.717, 1.165) is 50.0 Å². The molecule has 194 valence electrons. The van der Waals surface area contributed by atoms with Crippen molar-refractivity contribution in [2.24, 2.45) is 0 Å². The number of piperazine rings is 1. The molecule has 0 bridgehead atoms. The standard InChI is InChI=1S/C28H37FN4O3/c1-19-6-5-9-24(20(19)2)30-12-14-31(15-13-30)27(35)18-33-16-22(21-7-3-4-8-25(21)33)28(36)32-11-10-26(34)23(29)17-32/h5-6,9,16,23,26,34H,3-4,7-8,10-15,17-18H2,1-2H3/t23-,26-/m0/s1. The number of carbonyl (C=O) groups is 2. The van der Waals surface area contributed by atoms with E-state index in [-0.39, 0.29) is 31.3 Å². The minimum atomic E-state index is -1.41. The van der Waals surface area contributed by atoms with Crippen molar-refractivity contribution in [3.05, 3.63) is 52.3 Å². The largest absolute Gasteiger partial charge is 0.390 e. The SMILES string of the molecule is Cc1cccc(N2CCN(C(=O)Cn3cc(C(=O)N4CC[C@H](O)[C@@H](F)C4)c4c3CCCC4)CC2)c1C. The second-order valence-corrected chi connectivity index (χ2v) is 10.5. The summed E-state index contributed by atoms with van der Waals surface area (Å²) < 4.78 is 16.1. The molecule has 8 heteroatoms. The van der Waals surface area contributed by atoms with Crippen molar-refractivity contribution in [2.75, 3.05) is 44.2 Å². The van der Waals surface area contributed by atoms with Crippen LogP contribution in [0.2, 0.25) is 0 Å². The molecule has 2 fully saturated rings. The highest BCUT2D eigenvalue weighted by molar-refractivity contribution is 5.96. The van der Waals surface area contributed by atoms with E-state index < -0.39 is 12.3 Å². The molecular formula is C28H37FN4O3. The average molecular weight is 497 g/mol. The summed E-state index contributed by atoms with van der Waals surface area (Å²) in [7, 11) is 0. The van der Waals surface area contributed by atoms with Crippen LogP contribution < -0.4 is 4.90 Å². The number of alkyl halides is 1. The molecule has 2 saturated heterocycles. The van der Waals surface area contributed by atoms with E-state index in [0.29, 0.717) is 25.2 Å². The Morgan fingerprint density at radius 2 is 1.78 bits per heavy atom. The Hall–Kier alpha value is -2.87. The summed E-state index contributed by atoms with van der Waals surface area (Å²) >= 11 is 0. The van der Waals surface area contributed by atoms with Gasteiger partial charge in [-0.3, -0.25) is 9.59 Å². The van der Waals surface area contributed by atoms with Crippen LogP contribution in [0.15, 0.2) is 24.4 Å². The Labute approximate surface area is 212 Å². The van der Waals surface area contributed by atoms with Crippen molar-refractivity contribution < 1.29 is 19.1 Å². The number of halogens is 1. The molecule has 2 aliphatic heterocycles. The number of anilines is 1. The van der Waals surface area contributed by atoms with Gasteiger partial charge in [0.1, 0.15) is 12.7 Å². The van der Waals surface area contributed by atoms with Gasteiger partial charge >= 0.3 is 0 Å². The van der Waals surface area contributed by atoms with Gasteiger partial charge in [-0.1, -0.05) is 12.1 Å². The fourth-order valence-corrected chi connectivity index (χ4v) is 5.90. The lowest BCUT2D eigenvalue weighted by molar-refractivity contribution is -0.132. The molecule has 0 spiro atoms. The van der Waals surface area contributed by atoms with Gasteiger partial charge in [0.2, 0.25) is 5.91 Å². The topological polar surface area (TPSA) is 69.0 Å². The number of aliphatic hydroxyl groups is 1. The predicted molar refractivity (Wildman–Crippen MR) is 137 cm³/mol. The maximum atomic E-state index is 14.1. The number of aromatic nitrogens is 1. The van der Waals surface area contributed by atoms with Gasteiger partial charge in [-0.2, -0.15) is 0 Å². The molecule has 1 aromatic heterocycles. The first kappa shape index (κ1) is 24.8. The zero-order valence-corrected chi connectivity index (χ0v) is 21.4. The van der Waals surface area contributed by atoms with Crippen LogP contribution in [0.4, 0.5) is 10.1 Å². The van der Waals surface area contributed by atoms with Gasteiger partial charge in [-0.05, 0) is 68.7 Å². The lowest BCUT2D eigenvalue weighted by Gasteiger charge is -2.37. The molecule has 0 saturated carbocycles. The summed E-state index contributed by atoms with van der Waals surface area (Å²) in [6.07, 6.45) is 3.36. The van der Waals surface area contributed by atoms with Gasteiger partial charge < -0.3 is 24.4 Å². The van der Waals surface area contributed by atoms with Crippen LogP contribution in [-0.2, 0) is 24.2 Å². The monoisotopic (exact) mass is 496 g/mol. The molecule has 0 unspecified atom stereocenters. The Morgan fingerprint density at radius 1 is 1.03 bits per heavy atom. The van der Waals surface area contributed by atoms with E-state index in [4.69, 9.17) is 0 Å². The van der Waals surface area contributed by atoms with Crippen LogP contribution in [-0.4, -0.2) is 82.8 Å². The predicted octanol–water partition coefficient (Wildman–Crippen LogP) is 2.88. The number of benzene rings is 1. The van der Waals surface area contributed by atoms with Gasteiger partial charge in [-0.15, -0.1) is 0 Å². The van der Waals surface area contributed by atoms with E-state index in [1.54, 1.807) is 0 Å². The number of aryl methyl sites for hydroxylation is 1. The number of nitrogens with zero attached hydrogens (tertiary/aromatic N) is 4. The third kappa shape index (κ3) is 4.75. The van der Waals surface area contributed by atoms with E-state index in [1.807, 2.05) is 15.7 Å². The molecule has 0 radical (unpaired) electrons. The third-order valence-electron chi connectivity index (χ3n) is 8.27. The summed E-state index contributed by atoms with van der Waals surface area (Å²) in [5, 5.41) is 9.71. The second-order valence-electron chi connectivity index (χ2n) is 10.5. The summed E-state index contributed by atoms with van der Waals surface area (Å²) in [6, 6.07) is 6.36. The molecule has 2 aromatic rings. The molecular weight excluding hydrogens is 459 g/mol. The molecule has 1 aliphatic carbocycles. The van der Waals surface area contributed by atoms with E-state index in [9.17, 15) is 19.1 Å². The minimum Gasteiger partial charge on any atom is -0.390 e. The Morgan fingerprint density at radius 3 is 2.53 bits per heavy atom. The fourth-order valence-electron chi connectivity index (χ4n) is 5.90. The zero-order valence-electron chi connectivity index (χ0n) is 21.4. The van der Waals surface area contributed by atoms with Crippen LogP contribution in [0.1, 0.15) is 52.0 Å². The smallest absolute Gasteiger partial charge is 0.255 e. The van der Waals surface area contributed by atoms with Crippen molar-refractivity contribution in [1.29, 1.82) is 0 Å². The average Bonchev–Trinajstić information content (AvgIpc) is 3.25. The van der Waals surface area contributed by atoms with Gasteiger partial charge in [0.05, 0.1) is 18.2 Å². The van der Waals surface area contributed by atoms with Crippen LogP contribution in [0.25, 0.3) is 0 Å². The molecule has 1 N–H and O–H groups in total.